The van der Waals surface area contributed by atoms with Crippen LogP contribution in [0.25, 0.3) is 5.57 Å². The standard InChI is InChI=1S/C15H18N2O/c1-2-18-13-8-12(9-16-10-13)14-6-5-11-4-3-7-17-15(11)14/h2,6,8-11,15,17H,1,3-5,7H2/t11-,15-/m0/s1. The Labute approximate surface area is 108 Å². The molecule has 0 bridgehead atoms. The number of fused-ring (bicyclic) bond motifs is 1. The number of piperidine rings is 1. The Hall–Kier alpha value is -1.61. The van der Waals surface area contributed by atoms with Crippen molar-refractivity contribution < 1.29 is 4.74 Å². The van der Waals surface area contributed by atoms with Crippen LogP contribution in [0.1, 0.15) is 24.8 Å². The maximum atomic E-state index is 5.30. The normalized spacial score (nSPS) is 26.3. The largest absolute Gasteiger partial charge is 0.464 e. The van der Waals surface area contributed by atoms with Crippen molar-refractivity contribution in [1.82, 2.24) is 10.3 Å². The van der Waals surface area contributed by atoms with E-state index in [1.807, 2.05) is 12.3 Å². The van der Waals surface area contributed by atoms with Crippen molar-refractivity contribution in [3.8, 4) is 5.75 Å². The highest BCUT2D eigenvalue weighted by atomic mass is 16.5. The molecule has 2 heterocycles. The molecule has 18 heavy (non-hydrogen) atoms. The number of aromatic nitrogens is 1. The Bertz CT molecular complexity index is 481. The van der Waals surface area contributed by atoms with Crippen molar-refractivity contribution in [3.63, 3.8) is 0 Å². The number of rotatable bonds is 3. The van der Waals surface area contributed by atoms with Gasteiger partial charge in [-0.25, -0.2) is 0 Å². The molecule has 0 unspecified atom stereocenters. The zero-order valence-corrected chi connectivity index (χ0v) is 10.4. The third-order valence-corrected chi connectivity index (χ3v) is 3.83. The van der Waals surface area contributed by atoms with E-state index < -0.39 is 0 Å². The van der Waals surface area contributed by atoms with Gasteiger partial charge in [0.15, 0.2) is 0 Å². The third kappa shape index (κ3) is 2.06. The van der Waals surface area contributed by atoms with Gasteiger partial charge in [0, 0.05) is 17.8 Å². The first-order valence-electron chi connectivity index (χ1n) is 6.55. The smallest absolute Gasteiger partial charge is 0.145 e. The van der Waals surface area contributed by atoms with Crippen LogP contribution >= 0.6 is 0 Å². The predicted molar refractivity (Wildman–Crippen MR) is 72.2 cm³/mol. The summed E-state index contributed by atoms with van der Waals surface area (Å²) >= 11 is 0. The molecule has 3 heteroatoms. The van der Waals surface area contributed by atoms with Crippen molar-refractivity contribution in [2.45, 2.75) is 25.3 Å². The van der Waals surface area contributed by atoms with Crippen LogP contribution in [0.3, 0.4) is 0 Å². The van der Waals surface area contributed by atoms with Gasteiger partial charge in [0.2, 0.25) is 0 Å². The van der Waals surface area contributed by atoms with Crippen LogP contribution in [0.2, 0.25) is 0 Å². The minimum absolute atomic E-state index is 0.500. The maximum absolute atomic E-state index is 5.30. The average Bonchev–Trinajstić information content (AvgIpc) is 2.83. The zero-order valence-electron chi connectivity index (χ0n) is 10.4. The molecule has 3 nitrogen and oxygen atoms in total. The van der Waals surface area contributed by atoms with E-state index in [0.29, 0.717) is 6.04 Å². The lowest BCUT2D eigenvalue weighted by Crippen LogP contribution is -2.39. The molecule has 3 rings (SSSR count). The summed E-state index contributed by atoms with van der Waals surface area (Å²) in [5.74, 6) is 1.51. The Morgan fingerprint density at radius 3 is 3.28 bits per heavy atom. The topological polar surface area (TPSA) is 34.1 Å². The van der Waals surface area contributed by atoms with E-state index in [9.17, 15) is 0 Å². The number of hydrogen-bond donors (Lipinski definition) is 1. The highest BCUT2D eigenvalue weighted by Crippen LogP contribution is 2.37. The number of ether oxygens (including phenoxy) is 1. The van der Waals surface area contributed by atoms with Crippen LogP contribution < -0.4 is 10.1 Å². The molecule has 1 aliphatic carbocycles. The van der Waals surface area contributed by atoms with E-state index in [0.717, 1.165) is 23.8 Å². The van der Waals surface area contributed by atoms with E-state index in [1.54, 1.807) is 6.20 Å². The molecule has 0 aromatic carbocycles. The van der Waals surface area contributed by atoms with Crippen molar-refractivity contribution in [2.75, 3.05) is 6.54 Å². The molecule has 0 saturated carbocycles. The number of nitrogens with zero attached hydrogens (tertiary/aromatic N) is 1. The molecule has 0 spiro atoms. The molecule has 0 radical (unpaired) electrons. The summed E-state index contributed by atoms with van der Waals surface area (Å²) < 4.78 is 5.30. The molecule has 1 aliphatic heterocycles. The Morgan fingerprint density at radius 2 is 2.39 bits per heavy atom. The lowest BCUT2D eigenvalue weighted by molar-refractivity contribution is 0.346. The van der Waals surface area contributed by atoms with Crippen molar-refractivity contribution in [3.05, 3.63) is 42.9 Å². The first kappa shape index (κ1) is 11.5. The van der Waals surface area contributed by atoms with Gasteiger partial charge in [-0.05, 0) is 43.4 Å². The van der Waals surface area contributed by atoms with Crippen LogP contribution in [0.15, 0.2) is 37.4 Å². The van der Waals surface area contributed by atoms with Gasteiger partial charge < -0.3 is 10.1 Å². The van der Waals surface area contributed by atoms with Crippen LogP contribution in [0, 0.1) is 5.92 Å². The molecule has 1 aromatic heterocycles. The first-order chi connectivity index (χ1) is 8.88. The summed E-state index contributed by atoms with van der Waals surface area (Å²) in [5.41, 5.74) is 2.54. The average molecular weight is 242 g/mol. The Kier molecular flexibility index (Phi) is 3.15. The Balaban J connectivity index is 1.86. The van der Waals surface area contributed by atoms with Crippen molar-refractivity contribution in [2.24, 2.45) is 5.92 Å². The maximum Gasteiger partial charge on any atom is 0.145 e. The van der Waals surface area contributed by atoms with Gasteiger partial charge in [0.25, 0.3) is 0 Å². The molecule has 0 amide bonds. The molecule has 1 aromatic rings. The number of allylic oxidation sites excluding steroid dienone is 1. The summed E-state index contributed by atoms with van der Waals surface area (Å²) in [4.78, 5) is 4.24. The van der Waals surface area contributed by atoms with E-state index >= 15 is 0 Å². The monoisotopic (exact) mass is 242 g/mol. The summed E-state index contributed by atoms with van der Waals surface area (Å²) in [5, 5.41) is 3.62. The van der Waals surface area contributed by atoms with E-state index in [-0.39, 0.29) is 0 Å². The van der Waals surface area contributed by atoms with Gasteiger partial charge in [-0.3, -0.25) is 4.98 Å². The van der Waals surface area contributed by atoms with Crippen molar-refractivity contribution in [1.29, 1.82) is 0 Å². The van der Waals surface area contributed by atoms with Gasteiger partial charge in [0.05, 0.1) is 12.5 Å². The lowest BCUT2D eigenvalue weighted by Gasteiger charge is -2.29. The molecular formula is C15H18N2O. The summed E-state index contributed by atoms with van der Waals surface area (Å²) in [7, 11) is 0. The number of pyridine rings is 1. The predicted octanol–water partition coefficient (Wildman–Crippen LogP) is 2.76. The first-order valence-corrected chi connectivity index (χ1v) is 6.55. The Morgan fingerprint density at radius 1 is 1.44 bits per heavy atom. The molecular weight excluding hydrogens is 224 g/mol. The van der Waals surface area contributed by atoms with E-state index in [1.165, 1.54) is 31.1 Å². The molecule has 2 atom stereocenters. The van der Waals surface area contributed by atoms with Crippen LogP contribution in [0.4, 0.5) is 0 Å². The summed E-state index contributed by atoms with van der Waals surface area (Å²) in [6.45, 7) is 4.69. The SMILES string of the molecule is C=COc1cncc(C2=CC[C@@H]3CCCN[C@H]23)c1. The molecule has 1 N–H and O–H groups in total. The van der Waals surface area contributed by atoms with Gasteiger partial charge in [-0.15, -0.1) is 0 Å². The minimum Gasteiger partial charge on any atom is -0.464 e. The lowest BCUT2D eigenvalue weighted by atomic mass is 9.89. The molecule has 1 fully saturated rings. The van der Waals surface area contributed by atoms with Crippen molar-refractivity contribution >= 4 is 5.57 Å². The second-order valence-corrected chi connectivity index (χ2v) is 4.92. The van der Waals surface area contributed by atoms with Crippen LogP contribution in [-0.2, 0) is 0 Å². The molecule has 2 aliphatic rings. The molecule has 94 valence electrons. The fourth-order valence-corrected chi connectivity index (χ4v) is 3.01. The quantitative estimate of drug-likeness (QED) is 0.828. The summed E-state index contributed by atoms with van der Waals surface area (Å²) in [6.07, 6.45) is 11.2. The minimum atomic E-state index is 0.500. The number of hydrogen-bond acceptors (Lipinski definition) is 3. The molecule has 1 saturated heterocycles. The van der Waals surface area contributed by atoms with E-state index in [2.05, 4.69) is 23.0 Å². The fraction of sp³-hybridized carbons (Fsp3) is 0.400. The van der Waals surface area contributed by atoms with E-state index in [4.69, 9.17) is 4.74 Å². The second-order valence-electron chi connectivity index (χ2n) is 4.92. The zero-order chi connectivity index (χ0) is 12.4. The third-order valence-electron chi connectivity index (χ3n) is 3.83. The van der Waals surface area contributed by atoms with Crippen LogP contribution in [-0.4, -0.2) is 17.6 Å². The van der Waals surface area contributed by atoms with Gasteiger partial charge in [-0.2, -0.15) is 0 Å². The van der Waals surface area contributed by atoms with Gasteiger partial charge >= 0.3 is 0 Å². The highest BCUT2D eigenvalue weighted by molar-refractivity contribution is 5.72. The highest BCUT2D eigenvalue weighted by Gasteiger charge is 2.32. The van der Waals surface area contributed by atoms with Gasteiger partial charge in [-0.1, -0.05) is 12.7 Å². The number of nitrogens with one attached hydrogen (secondary N) is 1. The second kappa shape index (κ2) is 4.94. The fourth-order valence-electron chi connectivity index (χ4n) is 3.01. The van der Waals surface area contributed by atoms with Crippen LogP contribution in [0.5, 0.6) is 5.75 Å². The van der Waals surface area contributed by atoms with Gasteiger partial charge in [0.1, 0.15) is 5.75 Å². The summed E-state index contributed by atoms with van der Waals surface area (Å²) in [6, 6.07) is 2.54.